The molecule has 1 aliphatic heterocycles. The molecule has 1 atom stereocenters. The third-order valence-corrected chi connectivity index (χ3v) is 5.85. The first kappa shape index (κ1) is 16.8. The molecule has 26 heavy (non-hydrogen) atoms. The van der Waals surface area contributed by atoms with E-state index >= 15 is 0 Å². The van der Waals surface area contributed by atoms with Crippen LogP contribution in [-0.2, 0) is 11.3 Å². The molecule has 1 amide bonds. The maximum atomic E-state index is 13.4. The Labute approximate surface area is 152 Å². The molecule has 1 saturated carbocycles. The number of carboxylic acids is 1. The standard InChI is InChI=1S/C21H22N2O3/c24-19-17-9-3-2-8-16(17)18(20(25)26)21(10-4-1-5-11-21)23(19)14-15-7-6-12-22-13-15/h2-3,6-9,12-13,18H,1,4-5,10-11,14H2,(H,25,26). The summed E-state index contributed by atoms with van der Waals surface area (Å²) in [5.41, 5.74) is 1.44. The number of carboxylic acid groups (broad SMARTS) is 1. The number of pyridine rings is 1. The molecule has 2 heterocycles. The summed E-state index contributed by atoms with van der Waals surface area (Å²) in [7, 11) is 0. The molecule has 5 nitrogen and oxygen atoms in total. The highest BCUT2D eigenvalue weighted by Crippen LogP contribution is 2.49. The average Bonchev–Trinajstić information content (AvgIpc) is 2.67. The summed E-state index contributed by atoms with van der Waals surface area (Å²) in [6, 6.07) is 11.0. The monoisotopic (exact) mass is 350 g/mol. The van der Waals surface area contributed by atoms with Crippen LogP contribution >= 0.6 is 0 Å². The lowest BCUT2D eigenvalue weighted by atomic mass is 9.65. The predicted octanol–water partition coefficient (Wildman–Crippen LogP) is 3.61. The highest BCUT2D eigenvalue weighted by molar-refractivity contribution is 6.01. The summed E-state index contributed by atoms with van der Waals surface area (Å²) in [5, 5.41) is 10.1. The Morgan fingerprint density at radius 1 is 1.15 bits per heavy atom. The molecule has 0 bridgehead atoms. The van der Waals surface area contributed by atoms with Crippen molar-refractivity contribution in [3.8, 4) is 0 Å². The number of aliphatic carboxylic acids is 1. The maximum Gasteiger partial charge on any atom is 0.313 e. The summed E-state index contributed by atoms with van der Waals surface area (Å²) in [6.45, 7) is 0.394. The van der Waals surface area contributed by atoms with Crippen LogP contribution in [0.1, 0.15) is 59.5 Å². The third-order valence-electron chi connectivity index (χ3n) is 5.85. The molecule has 1 aromatic carbocycles. The molecule has 1 N–H and O–H groups in total. The zero-order valence-electron chi connectivity index (χ0n) is 14.6. The van der Waals surface area contributed by atoms with Gasteiger partial charge < -0.3 is 10.0 Å². The van der Waals surface area contributed by atoms with Crippen LogP contribution in [-0.4, -0.2) is 32.4 Å². The second-order valence-corrected chi connectivity index (χ2v) is 7.28. The van der Waals surface area contributed by atoms with Crippen LogP contribution in [0.3, 0.4) is 0 Å². The van der Waals surface area contributed by atoms with Crippen LogP contribution in [0.15, 0.2) is 48.8 Å². The van der Waals surface area contributed by atoms with Gasteiger partial charge in [0.05, 0.1) is 5.54 Å². The van der Waals surface area contributed by atoms with Gasteiger partial charge in [-0.2, -0.15) is 0 Å². The molecule has 1 fully saturated rings. The Morgan fingerprint density at radius 2 is 1.92 bits per heavy atom. The van der Waals surface area contributed by atoms with Crippen LogP contribution < -0.4 is 0 Å². The number of nitrogens with zero attached hydrogens (tertiary/aromatic N) is 2. The normalized spacial score (nSPS) is 21.5. The van der Waals surface area contributed by atoms with E-state index in [1.54, 1.807) is 24.5 Å². The minimum atomic E-state index is -0.844. The minimum absolute atomic E-state index is 0.0659. The maximum absolute atomic E-state index is 13.4. The van der Waals surface area contributed by atoms with Crippen molar-refractivity contribution in [2.75, 3.05) is 0 Å². The van der Waals surface area contributed by atoms with Gasteiger partial charge in [-0.25, -0.2) is 0 Å². The first-order valence-corrected chi connectivity index (χ1v) is 9.16. The minimum Gasteiger partial charge on any atom is -0.481 e. The van der Waals surface area contributed by atoms with Crippen LogP contribution in [0.4, 0.5) is 0 Å². The number of aromatic nitrogens is 1. The van der Waals surface area contributed by atoms with Gasteiger partial charge in [-0.3, -0.25) is 14.6 Å². The van der Waals surface area contributed by atoms with Crippen molar-refractivity contribution in [3.05, 3.63) is 65.5 Å². The van der Waals surface area contributed by atoms with Crippen molar-refractivity contribution in [1.29, 1.82) is 0 Å². The number of carbonyl (C=O) groups excluding carboxylic acids is 1. The average molecular weight is 350 g/mol. The first-order valence-electron chi connectivity index (χ1n) is 9.16. The zero-order valence-corrected chi connectivity index (χ0v) is 14.6. The van der Waals surface area contributed by atoms with E-state index in [-0.39, 0.29) is 5.91 Å². The summed E-state index contributed by atoms with van der Waals surface area (Å²) in [4.78, 5) is 31.7. The number of hydrogen-bond acceptors (Lipinski definition) is 3. The van der Waals surface area contributed by atoms with Gasteiger partial charge in [0.25, 0.3) is 5.91 Å². The molecule has 134 valence electrons. The number of amides is 1. The van der Waals surface area contributed by atoms with Crippen LogP contribution in [0.2, 0.25) is 0 Å². The van der Waals surface area contributed by atoms with E-state index in [4.69, 9.17) is 0 Å². The number of benzene rings is 1. The van der Waals surface area contributed by atoms with Crippen molar-refractivity contribution in [3.63, 3.8) is 0 Å². The van der Waals surface area contributed by atoms with Crippen LogP contribution in [0.25, 0.3) is 0 Å². The Morgan fingerprint density at radius 3 is 2.62 bits per heavy atom. The smallest absolute Gasteiger partial charge is 0.313 e. The van der Waals surface area contributed by atoms with Gasteiger partial charge in [0, 0.05) is 24.5 Å². The summed E-state index contributed by atoms with van der Waals surface area (Å²) < 4.78 is 0. The second kappa shape index (κ2) is 6.56. The van der Waals surface area contributed by atoms with Crippen molar-refractivity contribution >= 4 is 11.9 Å². The van der Waals surface area contributed by atoms with E-state index in [1.807, 2.05) is 29.2 Å². The molecule has 0 saturated heterocycles. The van der Waals surface area contributed by atoms with Crippen molar-refractivity contribution in [2.45, 2.75) is 50.1 Å². The van der Waals surface area contributed by atoms with E-state index < -0.39 is 17.4 Å². The predicted molar refractivity (Wildman–Crippen MR) is 96.7 cm³/mol. The fraction of sp³-hybridized carbons (Fsp3) is 0.381. The molecule has 1 spiro atoms. The van der Waals surface area contributed by atoms with Crippen LogP contribution in [0, 0.1) is 0 Å². The van der Waals surface area contributed by atoms with Gasteiger partial charge >= 0.3 is 5.97 Å². The highest BCUT2D eigenvalue weighted by atomic mass is 16.4. The molecule has 4 rings (SSSR count). The molecular weight excluding hydrogens is 328 g/mol. The van der Waals surface area contributed by atoms with E-state index in [1.165, 1.54) is 0 Å². The number of carbonyl (C=O) groups is 2. The van der Waals surface area contributed by atoms with Crippen molar-refractivity contribution in [2.24, 2.45) is 0 Å². The molecule has 1 aromatic heterocycles. The molecule has 5 heteroatoms. The Bertz CT molecular complexity index is 828. The molecule has 2 aromatic rings. The second-order valence-electron chi connectivity index (χ2n) is 7.28. The van der Waals surface area contributed by atoms with Crippen molar-refractivity contribution < 1.29 is 14.7 Å². The fourth-order valence-electron chi connectivity index (χ4n) is 4.73. The Kier molecular flexibility index (Phi) is 4.23. The molecule has 1 aliphatic carbocycles. The number of rotatable bonds is 3. The summed E-state index contributed by atoms with van der Waals surface area (Å²) in [5.74, 6) is -1.60. The SMILES string of the molecule is O=C(O)C1c2ccccc2C(=O)N(Cc2cccnc2)C12CCCCC2. The highest BCUT2D eigenvalue weighted by Gasteiger charge is 2.54. The molecule has 0 radical (unpaired) electrons. The lowest BCUT2D eigenvalue weighted by Crippen LogP contribution is -2.60. The largest absolute Gasteiger partial charge is 0.481 e. The Hall–Kier alpha value is -2.69. The molecule has 2 aliphatic rings. The van der Waals surface area contributed by atoms with E-state index in [0.29, 0.717) is 17.7 Å². The molecule has 1 unspecified atom stereocenters. The third kappa shape index (κ3) is 2.59. The van der Waals surface area contributed by atoms with E-state index in [9.17, 15) is 14.7 Å². The zero-order chi connectivity index (χ0) is 18.1. The van der Waals surface area contributed by atoms with E-state index in [2.05, 4.69) is 4.98 Å². The van der Waals surface area contributed by atoms with Gasteiger partial charge in [0.2, 0.25) is 0 Å². The number of hydrogen-bond donors (Lipinski definition) is 1. The lowest BCUT2D eigenvalue weighted by Gasteiger charge is -2.53. The Balaban J connectivity index is 1.87. The first-order chi connectivity index (χ1) is 12.6. The van der Waals surface area contributed by atoms with Gasteiger partial charge in [0.15, 0.2) is 0 Å². The van der Waals surface area contributed by atoms with Crippen LogP contribution in [0.5, 0.6) is 0 Å². The van der Waals surface area contributed by atoms with Crippen molar-refractivity contribution in [1.82, 2.24) is 9.88 Å². The van der Waals surface area contributed by atoms with E-state index in [0.717, 1.165) is 37.7 Å². The van der Waals surface area contributed by atoms with Gasteiger partial charge in [-0.15, -0.1) is 0 Å². The summed E-state index contributed by atoms with van der Waals surface area (Å²) in [6.07, 6.45) is 7.89. The lowest BCUT2D eigenvalue weighted by molar-refractivity contribution is -0.144. The fourth-order valence-corrected chi connectivity index (χ4v) is 4.73. The quantitative estimate of drug-likeness (QED) is 0.918. The number of fused-ring (bicyclic) bond motifs is 1. The summed E-state index contributed by atoms with van der Waals surface area (Å²) >= 11 is 0. The van der Waals surface area contributed by atoms with Gasteiger partial charge in [-0.1, -0.05) is 43.5 Å². The topological polar surface area (TPSA) is 70.5 Å². The van der Waals surface area contributed by atoms with Gasteiger partial charge in [-0.05, 0) is 36.1 Å². The molecular formula is C21H22N2O3. The van der Waals surface area contributed by atoms with Gasteiger partial charge in [0.1, 0.15) is 5.92 Å².